The third-order valence-corrected chi connectivity index (χ3v) is 3.72. The fourth-order valence-corrected chi connectivity index (χ4v) is 3.69. The first-order chi connectivity index (χ1) is 3.31. The Labute approximate surface area is 65.4 Å². The first-order valence-electron chi connectivity index (χ1n) is 2.31. The van der Waals surface area contributed by atoms with Crippen molar-refractivity contribution in [1.29, 1.82) is 0 Å². The van der Waals surface area contributed by atoms with E-state index in [9.17, 15) is 0 Å². The zero-order valence-corrected chi connectivity index (χ0v) is 8.86. The molecule has 3 heteroatoms. The summed E-state index contributed by atoms with van der Waals surface area (Å²) in [6.45, 7) is 4.42. The summed E-state index contributed by atoms with van der Waals surface area (Å²) in [7, 11) is 0. The summed E-state index contributed by atoms with van der Waals surface area (Å²) in [6, 6.07) is 0.740. The van der Waals surface area contributed by atoms with Gasteiger partial charge in [0.1, 0.15) is 0 Å². The van der Waals surface area contributed by atoms with Crippen LogP contribution in [0.5, 0.6) is 0 Å². The van der Waals surface area contributed by atoms with Gasteiger partial charge in [-0.2, -0.15) is 0 Å². The molecule has 1 N–H and O–H groups in total. The van der Waals surface area contributed by atoms with Gasteiger partial charge in [-0.3, -0.25) is 0 Å². The Hall–Kier alpha value is 1.42. The molecular weight excluding hydrogens is 316 g/mol. The number of halogens is 2. The minimum absolute atomic E-state index is 0.281. The molecule has 0 unspecified atom stereocenters. The van der Waals surface area contributed by atoms with Crippen molar-refractivity contribution in [2.75, 3.05) is 0 Å². The van der Waals surface area contributed by atoms with E-state index in [1.807, 2.05) is 0 Å². The fraction of sp³-hybridized carbons (Fsp3) is 1.00. The molecule has 0 heterocycles. The van der Waals surface area contributed by atoms with Crippen LogP contribution in [0.2, 0.25) is 0 Å². The van der Waals surface area contributed by atoms with Gasteiger partial charge in [0.15, 0.2) is 0 Å². The van der Waals surface area contributed by atoms with E-state index in [0.717, 1.165) is 6.04 Å². The van der Waals surface area contributed by atoms with E-state index in [2.05, 4.69) is 36.0 Å². The summed E-state index contributed by atoms with van der Waals surface area (Å²) in [5.74, 6) is 0. The molecule has 0 aliphatic rings. The number of hydrogen-bond acceptors (Lipinski definition) is 1. The monoisotopic (exact) mass is 326 g/mol. The molecule has 7 heavy (non-hydrogen) atoms. The molecular formula is C4H10I2N-. The second-order valence-electron chi connectivity index (χ2n) is 1.49. The predicted molar refractivity (Wildman–Crippen MR) is 36.9 cm³/mol. The Bertz CT molecular complexity index is 40.7. The van der Waals surface area contributed by atoms with E-state index in [1.165, 1.54) is 6.42 Å². The molecule has 0 saturated carbocycles. The summed E-state index contributed by atoms with van der Waals surface area (Å²) < 4.78 is 3.39. The van der Waals surface area contributed by atoms with Gasteiger partial charge in [0.2, 0.25) is 0 Å². The van der Waals surface area contributed by atoms with Crippen LogP contribution in [-0.4, -0.2) is 6.04 Å². The van der Waals surface area contributed by atoms with Gasteiger partial charge in [-0.05, 0) is 0 Å². The molecule has 1 atom stereocenters. The van der Waals surface area contributed by atoms with Gasteiger partial charge < -0.3 is 0 Å². The van der Waals surface area contributed by atoms with E-state index < -0.39 is 0 Å². The molecule has 46 valence electrons. The van der Waals surface area contributed by atoms with Crippen molar-refractivity contribution in [3.8, 4) is 0 Å². The molecule has 0 radical (unpaired) electrons. The zero-order chi connectivity index (χ0) is 5.70. The Kier molecular flexibility index (Phi) is 6.68. The Morgan fingerprint density at radius 2 is 2.43 bits per heavy atom. The third kappa shape index (κ3) is 5.29. The maximum absolute atomic E-state index is 3.39. The van der Waals surface area contributed by atoms with Crippen molar-refractivity contribution < 1.29 is 17.5 Å². The molecule has 0 rings (SSSR count). The van der Waals surface area contributed by atoms with Gasteiger partial charge in [0, 0.05) is 0 Å². The molecule has 0 aromatic rings. The van der Waals surface area contributed by atoms with Crippen LogP contribution in [0.3, 0.4) is 0 Å². The Morgan fingerprint density at radius 3 is 2.57 bits per heavy atom. The van der Waals surface area contributed by atoms with Gasteiger partial charge in [-0.1, -0.05) is 0 Å². The standard InChI is InChI=1S/C4H10I2N/c1-3-4(2)7-6-5/h4,7H,3H2,1-2H3/q-1/t4-/m1/s1. The molecule has 0 amide bonds. The number of hydrogen-bond donors (Lipinski definition) is 1. The van der Waals surface area contributed by atoms with Crippen LogP contribution in [0.4, 0.5) is 0 Å². The van der Waals surface area contributed by atoms with Gasteiger partial charge in [0.05, 0.1) is 0 Å². The summed E-state index contributed by atoms with van der Waals surface area (Å²) >= 11 is 2.71. The molecule has 0 fully saturated rings. The molecule has 0 bridgehead atoms. The van der Waals surface area contributed by atoms with Crippen LogP contribution in [0.25, 0.3) is 0 Å². The molecule has 0 aliphatic heterocycles. The van der Waals surface area contributed by atoms with E-state index in [-0.39, 0.29) is 17.5 Å². The van der Waals surface area contributed by atoms with Gasteiger partial charge >= 0.3 is 66.0 Å². The average molecular weight is 326 g/mol. The molecule has 0 saturated heterocycles. The van der Waals surface area contributed by atoms with Gasteiger partial charge in [-0.25, -0.2) is 0 Å². The van der Waals surface area contributed by atoms with Crippen molar-refractivity contribution in [2.45, 2.75) is 26.3 Å². The molecule has 1 nitrogen and oxygen atoms in total. The quantitative estimate of drug-likeness (QED) is 0.504. The second-order valence-corrected chi connectivity index (χ2v) is 5.26. The maximum atomic E-state index is 3.39. The minimum atomic E-state index is 0.281. The van der Waals surface area contributed by atoms with Crippen molar-refractivity contribution in [1.82, 2.24) is 3.53 Å². The molecule has 0 spiro atoms. The van der Waals surface area contributed by atoms with Crippen LogP contribution >= 0.6 is 18.6 Å². The van der Waals surface area contributed by atoms with Crippen molar-refractivity contribution in [3.63, 3.8) is 0 Å². The first-order valence-corrected chi connectivity index (χ1v) is 9.68. The van der Waals surface area contributed by atoms with E-state index >= 15 is 0 Å². The molecule has 0 aromatic carbocycles. The topological polar surface area (TPSA) is 12.0 Å². The van der Waals surface area contributed by atoms with Crippen molar-refractivity contribution >= 4 is 18.6 Å². The van der Waals surface area contributed by atoms with Crippen molar-refractivity contribution in [3.05, 3.63) is 0 Å². The molecule has 0 aromatic heterocycles. The summed E-state index contributed by atoms with van der Waals surface area (Å²) in [6.07, 6.45) is 1.25. The van der Waals surface area contributed by atoms with E-state index in [1.54, 1.807) is 0 Å². The van der Waals surface area contributed by atoms with E-state index in [4.69, 9.17) is 0 Å². The summed E-state index contributed by atoms with van der Waals surface area (Å²) in [4.78, 5) is 0. The molecule has 0 aliphatic carbocycles. The van der Waals surface area contributed by atoms with Crippen LogP contribution < -0.4 is 21.0 Å². The SMILES string of the molecule is CC[C@@H](C)N[I-]I. The number of nitrogens with one attached hydrogen (secondary N) is 1. The Morgan fingerprint density at radius 1 is 1.86 bits per heavy atom. The fourth-order valence-electron chi connectivity index (χ4n) is 0.148. The predicted octanol–water partition coefficient (Wildman–Crippen LogP) is -1.27. The Balaban J connectivity index is 2.83. The normalized spacial score (nSPS) is 14.7. The van der Waals surface area contributed by atoms with Gasteiger partial charge in [0.25, 0.3) is 0 Å². The van der Waals surface area contributed by atoms with Crippen LogP contribution in [0.1, 0.15) is 20.3 Å². The first kappa shape index (κ1) is 8.42. The van der Waals surface area contributed by atoms with Crippen molar-refractivity contribution in [2.24, 2.45) is 0 Å². The zero-order valence-electron chi connectivity index (χ0n) is 4.54. The van der Waals surface area contributed by atoms with Crippen LogP contribution in [-0.2, 0) is 0 Å². The van der Waals surface area contributed by atoms with Crippen LogP contribution in [0.15, 0.2) is 0 Å². The number of rotatable bonds is 3. The van der Waals surface area contributed by atoms with Crippen LogP contribution in [0, 0.1) is 0 Å². The third-order valence-electron chi connectivity index (χ3n) is 0.840. The summed E-state index contributed by atoms with van der Waals surface area (Å²) in [5, 5.41) is 0. The average Bonchev–Trinajstić information content (AvgIpc) is 1.68. The van der Waals surface area contributed by atoms with E-state index in [0.29, 0.717) is 0 Å². The second kappa shape index (κ2) is 5.55. The van der Waals surface area contributed by atoms with Gasteiger partial charge in [-0.15, -0.1) is 0 Å². The summed E-state index contributed by atoms with van der Waals surface area (Å²) in [5.41, 5.74) is 0.